The Bertz CT molecular complexity index is 279. The van der Waals surface area contributed by atoms with Crippen LogP contribution in [0.1, 0.15) is 12.8 Å². The van der Waals surface area contributed by atoms with E-state index in [1.165, 1.54) is 0 Å². The van der Waals surface area contributed by atoms with Crippen molar-refractivity contribution in [2.24, 2.45) is 0 Å². The van der Waals surface area contributed by atoms with Gasteiger partial charge in [-0.1, -0.05) is 0 Å². The number of likely N-dealkylation sites (tertiary alicyclic amines) is 1. The van der Waals surface area contributed by atoms with Gasteiger partial charge in [-0.05, 0) is 14.1 Å². The molecule has 0 spiro atoms. The number of halogens is 2. The first kappa shape index (κ1) is 14.1. The van der Waals surface area contributed by atoms with Gasteiger partial charge in [-0.15, -0.1) is 0 Å². The fourth-order valence-corrected chi connectivity index (χ4v) is 2.60. The first-order valence-corrected chi connectivity index (χ1v) is 6.45. The van der Waals surface area contributed by atoms with Crippen LogP contribution in [-0.4, -0.2) is 79.4 Å². The number of aliphatic hydroxyl groups excluding tert-OH is 1. The Balaban J connectivity index is 1.81. The molecule has 2 fully saturated rings. The Hall–Kier alpha value is -0.300. The number of hydrogen-bond donors (Lipinski definition) is 1. The first-order valence-electron chi connectivity index (χ1n) is 6.45. The largest absolute Gasteiger partial charge is 0.389 e. The van der Waals surface area contributed by atoms with Crippen LogP contribution in [0, 0.1) is 0 Å². The molecule has 0 saturated carbocycles. The standard InChI is InChI=1S/C12H22F2N2O2/c1-15(2)9-8-18-10(11(9)17)7-16-5-3-12(13,14)4-6-16/h9-11,17H,3-8H2,1-2H3/t9-,10-,11+/m0/s1. The van der Waals surface area contributed by atoms with Gasteiger partial charge in [0.05, 0.1) is 24.9 Å². The number of aliphatic hydroxyl groups is 1. The summed E-state index contributed by atoms with van der Waals surface area (Å²) in [4.78, 5) is 3.90. The average Bonchev–Trinajstić information content (AvgIpc) is 2.64. The summed E-state index contributed by atoms with van der Waals surface area (Å²) in [5.74, 6) is -2.52. The minimum absolute atomic E-state index is 0.00114. The molecule has 0 aromatic carbocycles. The first-order chi connectivity index (χ1) is 8.39. The lowest BCUT2D eigenvalue weighted by atomic mass is 10.0. The molecule has 0 bridgehead atoms. The van der Waals surface area contributed by atoms with Gasteiger partial charge >= 0.3 is 0 Å². The fourth-order valence-electron chi connectivity index (χ4n) is 2.60. The van der Waals surface area contributed by atoms with Gasteiger partial charge in [-0.2, -0.15) is 0 Å². The Morgan fingerprint density at radius 2 is 1.94 bits per heavy atom. The predicted molar refractivity (Wildman–Crippen MR) is 63.8 cm³/mol. The molecule has 0 radical (unpaired) electrons. The van der Waals surface area contributed by atoms with Crippen LogP contribution in [-0.2, 0) is 4.74 Å². The average molecular weight is 264 g/mol. The highest BCUT2D eigenvalue weighted by atomic mass is 19.3. The molecule has 0 aromatic rings. The number of piperidine rings is 1. The second kappa shape index (κ2) is 5.36. The monoisotopic (exact) mass is 264 g/mol. The Morgan fingerprint density at radius 3 is 2.44 bits per heavy atom. The maximum atomic E-state index is 13.0. The number of ether oxygens (including phenoxy) is 1. The van der Waals surface area contributed by atoms with Gasteiger partial charge in [0.1, 0.15) is 0 Å². The van der Waals surface area contributed by atoms with Crippen molar-refractivity contribution in [3.63, 3.8) is 0 Å². The molecule has 18 heavy (non-hydrogen) atoms. The lowest BCUT2D eigenvalue weighted by molar-refractivity contribution is -0.0676. The van der Waals surface area contributed by atoms with Gasteiger partial charge in [0.25, 0.3) is 5.92 Å². The van der Waals surface area contributed by atoms with E-state index in [2.05, 4.69) is 0 Å². The maximum Gasteiger partial charge on any atom is 0.250 e. The highest BCUT2D eigenvalue weighted by molar-refractivity contribution is 4.91. The maximum absolute atomic E-state index is 13.0. The quantitative estimate of drug-likeness (QED) is 0.801. The van der Waals surface area contributed by atoms with Crippen LogP contribution in [0.3, 0.4) is 0 Å². The summed E-state index contributed by atoms with van der Waals surface area (Å²) in [6.07, 6.45) is -0.980. The molecule has 2 heterocycles. The third kappa shape index (κ3) is 3.17. The lowest BCUT2D eigenvalue weighted by Crippen LogP contribution is -2.47. The predicted octanol–water partition coefficient (Wildman–Crippen LogP) is 0.407. The van der Waals surface area contributed by atoms with Crippen molar-refractivity contribution in [2.75, 3.05) is 40.3 Å². The molecular weight excluding hydrogens is 242 g/mol. The normalized spacial score (nSPS) is 37.3. The summed E-state index contributed by atoms with van der Waals surface area (Å²) in [6, 6.07) is 0.00114. The minimum Gasteiger partial charge on any atom is -0.389 e. The molecule has 0 aliphatic carbocycles. The summed E-state index contributed by atoms with van der Waals surface area (Å²) in [5, 5.41) is 10.1. The zero-order chi connectivity index (χ0) is 13.3. The molecule has 0 amide bonds. The molecule has 1 N–H and O–H groups in total. The van der Waals surface area contributed by atoms with Gasteiger partial charge < -0.3 is 19.6 Å². The molecule has 6 heteroatoms. The molecule has 2 aliphatic rings. The Morgan fingerprint density at radius 1 is 1.33 bits per heavy atom. The van der Waals surface area contributed by atoms with E-state index in [0.29, 0.717) is 26.2 Å². The minimum atomic E-state index is -2.52. The van der Waals surface area contributed by atoms with E-state index >= 15 is 0 Å². The number of alkyl halides is 2. The second-order valence-electron chi connectivity index (χ2n) is 5.55. The van der Waals surface area contributed by atoms with Gasteiger partial charge in [-0.3, -0.25) is 0 Å². The van der Waals surface area contributed by atoms with Crippen molar-refractivity contribution in [3.05, 3.63) is 0 Å². The summed E-state index contributed by atoms with van der Waals surface area (Å²) < 4.78 is 31.6. The summed E-state index contributed by atoms with van der Waals surface area (Å²) >= 11 is 0. The van der Waals surface area contributed by atoms with Gasteiger partial charge in [-0.25, -0.2) is 8.78 Å². The topological polar surface area (TPSA) is 35.9 Å². The smallest absolute Gasteiger partial charge is 0.250 e. The van der Waals surface area contributed by atoms with Crippen molar-refractivity contribution in [2.45, 2.75) is 37.0 Å². The third-order valence-electron chi connectivity index (χ3n) is 3.95. The van der Waals surface area contributed by atoms with E-state index in [1.807, 2.05) is 23.9 Å². The van der Waals surface area contributed by atoms with Crippen LogP contribution in [0.15, 0.2) is 0 Å². The summed E-state index contributed by atoms with van der Waals surface area (Å²) in [5.41, 5.74) is 0. The number of likely N-dealkylation sites (N-methyl/N-ethyl adjacent to an activating group) is 1. The van der Waals surface area contributed by atoms with E-state index in [1.54, 1.807) is 0 Å². The van der Waals surface area contributed by atoms with E-state index in [4.69, 9.17) is 4.74 Å². The van der Waals surface area contributed by atoms with Crippen molar-refractivity contribution >= 4 is 0 Å². The van der Waals surface area contributed by atoms with Crippen LogP contribution >= 0.6 is 0 Å². The van der Waals surface area contributed by atoms with Crippen LogP contribution in [0.2, 0.25) is 0 Å². The van der Waals surface area contributed by atoms with E-state index in [0.717, 1.165) is 0 Å². The summed E-state index contributed by atoms with van der Waals surface area (Å²) in [6.45, 7) is 1.81. The van der Waals surface area contributed by atoms with Crippen LogP contribution in [0.4, 0.5) is 8.78 Å². The Labute approximate surface area is 107 Å². The number of hydrogen-bond acceptors (Lipinski definition) is 4. The van der Waals surface area contributed by atoms with Crippen molar-refractivity contribution in [1.82, 2.24) is 9.80 Å². The molecule has 3 atom stereocenters. The van der Waals surface area contributed by atoms with Crippen LogP contribution in [0.5, 0.6) is 0 Å². The van der Waals surface area contributed by atoms with E-state index < -0.39 is 12.0 Å². The third-order valence-corrected chi connectivity index (χ3v) is 3.95. The number of nitrogens with zero attached hydrogens (tertiary/aromatic N) is 2. The fraction of sp³-hybridized carbons (Fsp3) is 1.00. The molecule has 4 nitrogen and oxygen atoms in total. The molecule has 106 valence electrons. The molecule has 2 aliphatic heterocycles. The molecule has 0 aromatic heterocycles. The second-order valence-corrected chi connectivity index (χ2v) is 5.55. The van der Waals surface area contributed by atoms with Gasteiger partial charge in [0, 0.05) is 32.5 Å². The van der Waals surface area contributed by atoms with Gasteiger partial charge in [0.2, 0.25) is 0 Å². The Kier molecular flexibility index (Phi) is 4.21. The van der Waals surface area contributed by atoms with Crippen molar-refractivity contribution < 1.29 is 18.6 Å². The SMILES string of the molecule is CN(C)[C@H]1CO[C@@H](CN2CCC(F)(F)CC2)[C@@H]1O. The molecule has 2 saturated heterocycles. The van der Waals surface area contributed by atoms with E-state index in [9.17, 15) is 13.9 Å². The number of rotatable bonds is 3. The highest BCUT2D eigenvalue weighted by Crippen LogP contribution is 2.28. The molecule has 2 rings (SSSR count). The lowest BCUT2D eigenvalue weighted by Gasteiger charge is -2.33. The van der Waals surface area contributed by atoms with Gasteiger partial charge in [0.15, 0.2) is 0 Å². The van der Waals surface area contributed by atoms with Crippen LogP contribution < -0.4 is 0 Å². The zero-order valence-corrected chi connectivity index (χ0v) is 11.0. The van der Waals surface area contributed by atoms with Crippen molar-refractivity contribution in [1.29, 1.82) is 0 Å². The highest BCUT2D eigenvalue weighted by Gasteiger charge is 2.40. The van der Waals surface area contributed by atoms with Crippen LogP contribution in [0.25, 0.3) is 0 Å². The summed E-state index contributed by atoms with van der Waals surface area (Å²) in [7, 11) is 3.81. The van der Waals surface area contributed by atoms with E-state index in [-0.39, 0.29) is 25.0 Å². The molecular formula is C12H22F2N2O2. The van der Waals surface area contributed by atoms with Crippen molar-refractivity contribution in [3.8, 4) is 0 Å². The molecule has 0 unspecified atom stereocenters. The zero-order valence-electron chi connectivity index (χ0n) is 11.0.